The Morgan fingerprint density at radius 1 is 1.02 bits per heavy atom. The summed E-state index contributed by atoms with van der Waals surface area (Å²) >= 11 is 0. The zero-order valence-corrected chi connectivity index (χ0v) is 22.3. The molecule has 1 aliphatic heterocycles. The molecule has 1 unspecified atom stereocenters. The van der Waals surface area contributed by atoms with Gasteiger partial charge in [-0.05, 0) is 65.2 Å². The highest BCUT2D eigenvalue weighted by Crippen LogP contribution is 2.32. The first-order chi connectivity index (χ1) is 19.9. The standard InChI is InChI=1S/C33H27FN4O3/c1-19-14-30(40)38-32(31(19)29(39)16-20-6-9-27-22(15-20)11-13-35-27)23-7-8-26(34)25(17-23)33(41)37-18-28-24-5-3-2-4-21(24)10-12-36-28/h2-13,15,17,32,35H,14,16,18H2,1H3,(H,37,41)(H,38,40). The van der Waals surface area contributed by atoms with Crippen LogP contribution in [0.15, 0.2) is 96.3 Å². The highest BCUT2D eigenvalue weighted by atomic mass is 19.1. The Balaban J connectivity index is 1.26. The fourth-order valence-electron chi connectivity index (χ4n) is 5.49. The van der Waals surface area contributed by atoms with Gasteiger partial charge in [-0.25, -0.2) is 4.39 Å². The molecule has 41 heavy (non-hydrogen) atoms. The van der Waals surface area contributed by atoms with Gasteiger partial charge < -0.3 is 15.6 Å². The number of hydrogen-bond donors (Lipinski definition) is 3. The number of aromatic nitrogens is 2. The Labute approximate surface area is 235 Å². The van der Waals surface area contributed by atoms with Crippen molar-refractivity contribution in [1.82, 2.24) is 20.6 Å². The van der Waals surface area contributed by atoms with Crippen molar-refractivity contribution in [3.05, 3.63) is 125 Å². The summed E-state index contributed by atoms with van der Waals surface area (Å²) in [5.41, 5.74) is 3.88. The van der Waals surface area contributed by atoms with Crippen molar-refractivity contribution >= 4 is 39.3 Å². The van der Waals surface area contributed by atoms with Gasteiger partial charge in [-0.3, -0.25) is 19.4 Å². The smallest absolute Gasteiger partial charge is 0.254 e. The first kappa shape index (κ1) is 26.1. The Morgan fingerprint density at radius 2 is 1.88 bits per heavy atom. The number of hydrogen-bond acceptors (Lipinski definition) is 4. The Morgan fingerprint density at radius 3 is 2.76 bits per heavy atom. The minimum absolute atomic E-state index is 0.0982. The monoisotopic (exact) mass is 546 g/mol. The van der Waals surface area contributed by atoms with E-state index in [2.05, 4.69) is 20.6 Å². The molecule has 1 atom stereocenters. The lowest BCUT2D eigenvalue weighted by Crippen LogP contribution is -2.37. The van der Waals surface area contributed by atoms with E-state index < -0.39 is 17.8 Å². The predicted octanol–water partition coefficient (Wildman–Crippen LogP) is 5.47. The van der Waals surface area contributed by atoms with E-state index in [-0.39, 0.29) is 36.6 Å². The lowest BCUT2D eigenvalue weighted by Gasteiger charge is -2.28. The second kappa shape index (κ2) is 10.8. The summed E-state index contributed by atoms with van der Waals surface area (Å²) < 4.78 is 14.9. The van der Waals surface area contributed by atoms with Gasteiger partial charge in [0.05, 0.1) is 23.8 Å². The molecule has 0 radical (unpaired) electrons. The van der Waals surface area contributed by atoms with E-state index in [0.717, 1.165) is 27.2 Å². The van der Waals surface area contributed by atoms with Gasteiger partial charge in [0.2, 0.25) is 5.91 Å². The molecule has 3 aromatic carbocycles. The summed E-state index contributed by atoms with van der Waals surface area (Å²) in [5, 5.41) is 8.53. The lowest BCUT2D eigenvalue weighted by molar-refractivity contribution is -0.121. The zero-order chi connectivity index (χ0) is 28.5. The van der Waals surface area contributed by atoms with Gasteiger partial charge in [0.25, 0.3) is 5.91 Å². The van der Waals surface area contributed by atoms with Crippen LogP contribution in [0.2, 0.25) is 0 Å². The van der Waals surface area contributed by atoms with Gasteiger partial charge in [0.15, 0.2) is 5.78 Å². The SMILES string of the molecule is CC1=C(C(=O)Cc2ccc3[nH]ccc3c2)C(c2ccc(F)c(C(=O)NCc3nccc4ccccc34)c2)NC(=O)C1. The summed E-state index contributed by atoms with van der Waals surface area (Å²) in [6.07, 6.45) is 3.75. The molecule has 204 valence electrons. The van der Waals surface area contributed by atoms with Gasteiger partial charge in [0.1, 0.15) is 5.82 Å². The van der Waals surface area contributed by atoms with Crippen LogP contribution >= 0.6 is 0 Å². The summed E-state index contributed by atoms with van der Waals surface area (Å²) in [6, 6.07) is 20.6. The van der Waals surface area contributed by atoms with Gasteiger partial charge >= 0.3 is 0 Å². The van der Waals surface area contributed by atoms with Crippen LogP contribution in [0.4, 0.5) is 4.39 Å². The largest absolute Gasteiger partial charge is 0.361 e. The van der Waals surface area contributed by atoms with E-state index in [4.69, 9.17) is 0 Å². The number of fused-ring (bicyclic) bond motifs is 2. The number of amides is 2. The molecular formula is C33H27FN4O3. The predicted molar refractivity (Wildman–Crippen MR) is 155 cm³/mol. The fourth-order valence-corrected chi connectivity index (χ4v) is 5.49. The molecule has 7 nitrogen and oxygen atoms in total. The summed E-state index contributed by atoms with van der Waals surface area (Å²) in [6.45, 7) is 1.88. The van der Waals surface area contributed by atoms with E-state index >= 15 is 0 Å². The van der Waals surface area contributed by atoms with Crippen LogP contribution in [0.5, 0.6) is 0 Å². The van der Waals surface area contributed by atoms with Crippen LogP contribution in [-0.2, 0) is 22.6 Å². The number of nitrogens with zero attached hydrogens (tertiary/aromatic N) is 1. The molecule has 2 aromatic heterocycles. The molecule has 5 aromatic rings. The van der Waals surface area contributed by atoms with Crippen molar-refractivity contribution in [3.8, 4) is 0 Å². The minimum Gasteiger partial charge on any atom is -0.361 e. The highest BCUT2D eigenvalue weighted by molar-refractivity contribution is 6.02. The molecule has 0 saturated carbocycles. The zero-order valence-electron chi connectivity index (χ0n) is 22.3. The van der Waals surface area contributed by atoms with E-state index in [9.17, 15) is 18.8 Å². The molecule has 1 aliphatic rings. The van der Waals surface area contributed by atoms with Gasteiger partial charge in [-0.2, -0.15) is 0 Å². The maximum Gasteiger partial charge on any atom is 0.254 e. The highest BCUT2D eigenvalue weighted by Gasteiger charge is 2.31. The Hall–Kier alpha value is -5.11. The molecule has 0 aliphatic carbocycles. The van der Waals surface area contributed by atoms with Crippen molar-refractivity contribution in [2.24, 2.45) is 0 Å². The van der Waals surface area contributed by atoms with Crippen LogP contribution in [-0.4, -0.2) is 27.6 Å². The number of carbonyl (C=O) groups excluding carboxylic acids is 3. The molecule has 3 N–H and O–H groups in total. The van der Waals surface area contributed by atoms with Crippen molar-refractivity contribution in [2.45, 2.75) is 32.4 Å². The molecule has 0 bridgehead atoms. The van der Waals surface area contributed by atoms with Crippen LogP contribution in [0.3, 0.4) is 0 Å². The van der Waals surface area contributed by atoms with Crippen LogP contribution < -0.4 is 10.6 Å². The van der Waals surface area contributed by atoms with E-state index in [1.165, 1.54) is 18.2 Å². The first-order valence-electron chi connectivity index (χ1n) is 13.4. The maximum atomic E-state index is 14.9. The number of nitrogens with one attached hydrogen (secondary N) is 3. The summed E-state index contributed by atoms with van der Waals surface area (Å²) in [4.78, 5) is 46.8. The number of ketones is 1. The number of carbonyl (C=O) groups is 3. The Kier molecular flexibility index (Phi) is 6.89. The normalized spacial score (nSPS) is 15.3. The molecule has 8 heteroatoms. The molecule has 6 rings (SSSR count). The maximum absolute atomic E-state index is 14.9. The number of benzene rings is 3. The van der Waals surface area contributed by atoms with Crippen molar-refractivity contribution < 1.29 is 18.8 Å². The van der Waals surface area contributed by atoms with Crippen molar-refractivity contribution in [2.75, 3.05) is 0 Å². The van der Waals surface area contributed by atoms with Gasteiger partial charge in [-0.1, -0.05) is 42.0 Å². The molecule has 0 saturated heterocycles. The molecule has 2 amide bonds. The number of rotatable bonds is 7. The molecule has 0 fully saturated rings. The molecule has 0 spiro atoms. The van der Waals surface area contributed by atoms with Gasteiger partial charge in [0, 0.05) is 41.7 Å². The van der Waals surface area contributed by atoms with Crippen LogP contribution in [0.1, 0.15) is 46.6 Å². The van der Waals surface area contributed by atoms with Gasteiger partial charge in [-0.15, -0.1) is 0 Å². The van der Waals surface area contributed by atoms with E-state index in [1.807, 2.05) is 60.8 Å². The van der Waals surface area contributed by atoms with Crippen molar-refractivity contribution in [1.29, 1.82) is 0 Å². The van der Waals surface area contributed by atoms with Crippen LogP contribution in [0, 0.1) is 5.82 Å². The third-order valence-corrected chi connectivity index (χ3v) is 7.50. The summed E-state index contributed by atoms with van der Waals surface area (Å²) in [7, 11) is 0. The van der Waals surface area contributed by atoms with E-state index in [1.54, 1.807) is 13.1 Å². The molecule has 3 heterocycles. The number of Topliss-reactive ketones (excluding diaryl/α,β-unsaturated/α-hetero) is 1. The third kappa shape index (κ3) is 5.24. The Bertz CT molecular complexity index is 1870. The number of H-pyrrole nitrogens is 1. The number of halogens is 1. The van der Waals surface area contributed by atoms with Crippen LogP contribution in [0.25, 0.3) is 21.7 Å². The second-order valence-corrected chi connectivity index (χ2v) is 10.3. The topological polar surface area (TPSA) is 104 Å². The number of pyridine rings is 1. The third-order valence-electron chi connectivity index (χ3n) is 7.50. The quantitative estimate of drug-likeness (QED) is 0.252. The minimum atomic E-state index is -0.799. The average Bonchev–Trinajstić information content (AvgIpc) is 3.43. The number of aromatic amines is 1. The van der Waals surface area contributed by atoms with Crippen molar-refractivity contribution in [3.63, 3.8) is 0 Å². The first-order valence-corrected chi connectivity index (χ1v) is 13.4. The lowest BCUT2D eigenvalue weighted by atomic mass is 9.85. The fraction of sp³-hybridized carbons (Fsp3) is 0.152. The second-order valence-electron chi connectivity index (χ2n) is 10.3. The van der Waals surface area contributed by atoms with E-state index in [0.29, 0.717) is 22.4 Å². The average molecular weight is 547 g/mol. The molecular weight excluding hydrogens is 519 g/mol. The summed E-state index contributed by atoms with van der Waals surface area (Å²) in [5.74, 6) is -1.70.